The lowest BCUT2D eigenvalue weighted by Crippen LogP contribution is -2.42. The summed E-state index contributed by atoms with van der Waals surface area (Å²) in [4.78, 5) is 0. The summed E-state index contributed by atoms with van der Waals surface area (Å²) >= 11 is 0. The van der Waals surface area contributed by atoms with E-state index in [0.29, 0.717) is 12.1 Å². The van der Waals surface area contributed by atoms with Crippen molar-refractivity contribution >= 4 is 0 Å². The highest BCUT2D eigenvalue weighted by Crippen LogP contribution is 2.12. The molecule has 0 heterocycles. The molecule has 18 heavy (non-hydrogen) atoms. The SMILES string of the molecule is CCNC(Cc1ccc(C)cc1)C(CC)OCC. The van der Waals surface area contributed by atoms with Crippen LogP contribution >= 0.6 is 0 Å². The highest BCUT2D eigenvalue weighted by Gasteiger charge is 2.19. The zero-order valence-corrected chi connectivity index (χ0v) is 12.2. The van der Waals surface area contributed by atoms with Gasteiger partial charge in [0.05, 0.1) is 6.10 Å². The van der Waals surface area contributed by atoms with Crippen LogP contribution in [0.25, 0.3) is 0 Å². The third-order valence-electron chi connectivity index (χ3n) is 3.27. The molecule has 0 bridgehead atoms. The molecule has 1 N–H and O–H groups in total. The van der Waals surface area contributed by atoms with Crippen molar-refractivity contribution in [1.29, 1.82) is 0 Å². The molecule has 0 aromatic heterocycles. The number of rotatable bonds is 8. The van der Waals surface area contributed by atoms with Crippen molar-refractivity contribution in [3.63, 3.8) is 0 Å². The van der Waals surface area contributed by atoms with Gasteiger partial charge in [0.25, 0.3) is 0 Å². The minimum Gasteiger partial charge on any atom is -0.377 e. The molecule has 1 aromatic carbocycles. The minimum atomic E-state index is 0.302. The van der Waals surface area contributed by atoms with Crippen molar-refractivity contribution in [3.05, 3.63) is 35.4 Å². The van der Waals surface area contributed by atoms with Crippen LogP contribution in [-0.4, -0.2) is 25.3 Å². The van der Waals surface area contributed by atoms with Gasteiger partial charge >= 0.3 is 0 Å². The summed E-state index contributed by atoms with van der Waals surface area (Å²) in [5.74, 6) is 0. The second-order valence-corrected chi connectivity index (χ2v) is 4.76. The van der Waals surface area contributed by atoms with E-state index < -0.39 is 0 Å². The van der Waals surface area contributed by atoms with Crippen LogP contribution in [0.15, 0.2) is 24.3 Å². The van der Waals surface area contributed by atoms with E-state index in [1.54, 1.807) is 0 Å². The number of hydrogen-bond acceptors (Lipinski definition) is 2. The summed E-state index contributed by atoms with van der Waals surface area (Å²) in [5, 5.41) is 3.56. The summed E-state index contributed by atoms with van der Waals surface area (Å²) in [6, 6.07) is 9.21. The second kappa shape index (κ2) is 8.28. The molecule has 2 nitrogen and oxygen atoms in total. The highest BCUT2D eigenvalue weighted by molar-refractivity contribution is 5.22. The third-order valence-corrected chi connectivity index (χ3v) is 3.27. The molecule has 102 valence electrons. The molecule has 1 aromatic rings. The minimum absolute atomic E-state index is 0.302. The molecule has 2 unspecified atom stereocenters. The van der Waals surface area contributed by atoms with Crippen molar-refractivity contribution in [2.24, 2.45) is 0 Å². The van der Waals surface area contributed by atoms with Crippen molar-refractivity contribution in [3.8, 4) is 0 Å². The van der Waals surface area contributed by atoms with Gasteiger partial charge in [0.15, 0.2) is 0 Å². The Labute approximate surface area is 112 Å². The molecule has 0 amide bonds. The maximum absolute atomic E-state index is 5.84. The quantitative estimate of drug-likeness (QED) is 0.763. The van der Waals surface area contributed by atoms with E-state index in [2.05, 4.69) is 57.3 Å². The first kappa shape index (κ1) is 15.2. The number of aryl methyl sites for hydroxylation is 1. The Bertz CT molecular complexity index is 320. The van der Waals surface area contributed by atoms with Gasteiger partial charge in [-0.15, -0.1) is 0 Å². The Morgan fingerprint density at radius 1 is 1.11 bits per heavy atom. The van der Waals surface area contributed by atoms with Gasteiger partial charge in [-0.25, -0.2) is 0 Å². The van der Waals surface area contributed by atoms with Crippen molar-refractivity contribution in [2.45, 2.75) is 52.7 Å². The molecule has 0 saturated carbocycles. The predicted molar refractivity (Wildman–Crippen MR) is 78.1 cm³/mol. The van der Waals surface area contributed by atoms with Crippen molar-refractivity contribution in [2.75, 3.05) is 13.2 Å². The van der Waals surface area contributed by atoms with Gasteiger partial charge in [0, 0.05) is 12.6 Å². The average Bonchev–Trinajstić information content (AvgIpc) is 2.38. The first-order chi connectivity index (χ1) is 8.71. The molecule has 0 saturated heterocycles. The zero-order valence-electron chi connectivity index (χ0n) is 12.2. The van der Waals surface area contributed by atoms with Gasteiger partial charge in [-0.2, -0.15) is 0 Å². The van der Waals surface area contributed by atoms with E-state index in [0.717, 1.165) is 26.0 Å². The van der Waals surface area contributed by atoms with Gasteiger partial charge in [0.1, 0.15) is 0 Å². The van der Waals surface area contributed by atoms with Gasteiger partial charge in [-0.3, -0.25) is 0 Å². The van der Waals surface area contributed by atoms with Gasteiger partial charge in [0.2, 0.25) is 0 Å². The van der Waals surface area contributed by atoms with Crippen molar-refractivity contribution < 1.29 is 4.74 Å². The molecule has 0 aliphatic heterocycles. The summed E-state index contributed by atoms with van der Waals surface area (Å²) < 4.78 is 5.84. The fourth-order valence-electron chi connectivity index (χ4n) is 2.31. The Hall–Kier alpha value is -0.860. The van der Waals surface area contributed by atoms with Gasteiger partial charge in [-0.05, 0) is 38.8 Å². The molecular formula is C16H27NO. The van der Waals surface area contributed by atoms with Crippen LogP contribution in [0.1, 0.15) is 38.3 Å². The summed E-state index contributed by atoms with van der Waals surface area (Å²) in [5.41, 5.74) is 2.69. The molecule has 2 heteroatoms. The zero-order chi connectivity index (χ0) is 13.4. The van der Waals surface area contributed by atoms with Crippen LogP contribution in [-0.2, 0) is 11.2 Å². The normalized spacial score (nSPS) is 14.4. The lowest BCUT2D eigenvalue weighted by atomic mass is 9.99. The summed E-state index contributed by atoms with van der Waals surface area (Å²) in [7, 11) is 0. The fraction of sp³-hybridized carbons (Fsp3) is 0.625. The lowest BCUT2D eigenvalue weighted by Gasteiger charge is -2.27. The molecule has 0 aliphatic carbocycles. The first-order valence-electron chi connectivity index (χ1n) is 7.11. The Balaban J connectivity index is 2.68. The number of benzene rings is 1. The van der Waals surface area contributed by atoms with Crippen molar-refractivity contribution in [1.82, 2.24) is 5.32 Å². The van der Waals surface area contributed by atoms with Crippen LogP contribution in [0.3, 0.4) is 0 Å². The highest BCUT2D eigenvalue weighted by atomic mass is 16.5. The van der Waals surface area contributed by atoms with E-state index in [1.165, 1.54) is 11.1 Å². The summed E-state index contributed by atoms with van der Waals surface area (Å²) in [6.07, 6.45) is 2.39. The van der Waals surface area contributed by atoms with E-state index in [4.69, 9.17) is 4.74 Å². The lowest BCUT2D eigenvalue weighted by molar-refractivity contribution is 0.0323. The monoisotopic (exact) mass is 249 g/mol. The number of likely N-dealkylation sites (N-methyl/N-ethyl adjacent to an activating group) is 1. The molecular weight excluding hydrogens is 222 g/mol. The maximum Gasteiger partial charge on any atom is 0.0728 e. The molecule has 0 aliphatic rings. The predicted octanol–water partition coefficient (Wildman–Crippen LogP) is 3.33. The van der Waals surface area contributed by atoms with Crippen LogP contribution in [0, 0.1) is 6.92 Å². The summed E-state index contributed by atoms with van der Waals surface area (Å²) in [6.45, 7) is 10.3. The number of hydrogen-bond donors (Lipinski definition) is 1. The van der Waals surface area contributed by atoms with E-state index in [1.807, 2.05) is 0 Å². The first-order valence-corrected chi connectivity index (χ1v) is 7.11. The van der Waals surface area contributed by atoms with Gasteiger partial charge in [-0.1, -0.05) is 43.7 Å². The van der Waals surface area contributed by atoms with Gasteiger partial charge < -0.3 is 10.1 Å². The third kappa shape index (κ3) is 4.79. The average molecular weight is 249 g/mol. The molecule has 2 atom stereocenters. The van der Waals surface area contributed by atoms with E-state index >= 15 is 0 Å². The topological polar surface area (TPSA) is 21.3 Å². The standard InChI is InChI=1S/C16H27NO/c1-5-16(18-7-3)15(17-6-2)12-14-10-8-13(4)9-11-14/h8-11,15-17H,5-7,12H2,1-4H3. The van der Waals surface area contributed by atoms with Crippen LogP contribution in [0.4, 0.5) is 0 Å². The van der Waals surface area contributed by atoms with Crippen LogP contribution < -0.4 is 5.32 Å². The Morgan fingerprint density at radius 2 is 1.78 bits per heavy atom. The van der Waals surface area contributed by atoms with E-state index in [-0.39, 0.29) is 0 Å². The molecule has 1 rings (SSSR count). The number of nitrogens with one attached hydrogen (secondary N) is 1. The number of ether oxygens (including phenoxy) is 1. The molecule has 0 fully saturated rings. The molecule has 0 spiro atoms. The van der Waals surface area contributed by atoms with Crippen LogP contribution in [0.5, 0.6) is 0 Å². The smallest absolute Gasteiger partial charge is 0.0728 e. The van der Waals surface area contributed by atoms with E-state index in [9.17, 15) is 0 Å². The van der Waals surface area contributed by atoms with Crippen LogP contribution in [0.2, 0.25) is 0 Å². The maximum atomic E-state index is 5.84. The molecule has 0 radical (unpaired) electrons. The second-order valence-electron chi connectivity index (χ2n) is 4.76. The largest absolute Gasteiger partial charge is 0.377 e. The fourth-order valence-corrected chi connectivity index (χ4v) is 2.31. The Morgan fingerprint density at radius 3 is 2.28 bits per heavy atom. The Kier molecular flexibility index (Phi) is 6.99.